The van der Waals surface area contributed by atoms with E-state index >= 15 is 0 Å². The lowest BCUT2D eigenvalue weighted by atomic mass is 10.1. The number of morpholine rings is 1. The molecule has 0 aromatic carbocycles. The Bertz CT molecular complexity index is 330. The lowest BCUT2D eigenvalue weighted by molar-refractivity contribution is -0.135. The predicted octanol–water partition coefficient (Wildman–Crippen LogP) is 0.333. The highest BCUT2D eigenvalue weighted by Gasteiger charge is 2.37. The van der Waals surface area contributed by atoms with Gasteiger partial charge in [0.1, 0.15) is 11.8 Å². The van der Waals surface area contributed by atoms with E-state index in [-0.39, 0.29) is 24.0 Å². The molecule has 1 aliphatic heterocycles. The Morgan fingerprint density at radius 1 is 1.50 bits per heavy atom. The number of amides is 1. The third kappa shape index (κ3) is 3.09. The van der Waals surface area contributed by atoms with Crippen LogP contribution in [0.4, 0.5) is 0 Å². The molecule has 2 fully saturated rings. The zero-order valence-corrected chi connectivity index (χ0v) is 11.1. The fourth-order valence-corrected chi connectivity index (χ4v) is 2.74. The number of ketones is 1. The number of rotatable bonds is 3. The van der Waals surface area contributed by atoms with Crippen molar-refractivity contribution in [3.63, 3.8) is 0 Å². The topological polar surface area (TPSA) is 58.6 Å². The van der Waals surface area contributed by atoms with Gasteiger partial charge in [0.2, 0.25) is 5.91 Å². The molecule has 0 bridgehead atoms. The summed E-state index contributed by atoms with van der Waals surface area (Å²) in [6.45, 7) is 5.73. The van der Waals surface area contributed by atoms with E-state index in [4.69, 9.17) is 4.74 Å². The molecule has 5 nitrogen and oxygen atoms in total. The van der Waals surface area contributed by atoms with Gasteiger partial charge in [-0.15, -0.1) is 0 Å². The van der Waals surface area contributed by atoms with Gasteiger partial charge in [0.25, 0.3) is 0 Å². The van der Waals surface area contributed by atoms with Gasteiger partial charge in [0.15, 0.2) is 0 Å². The van der Waals surface area contributed by atoms with Crippen LogP contribution in [-0.4, -0.2) is 54.5 Å². The first-order valence-electron chi connectivity index (χ1n) is 6.73. The van der Waals surface area contributed by atoms with E-state index in [2.05, 4.69) is 10.2 Å². The summed E-state index contributed by atoms with van der Waals surface area (Å²) >= 11 is 0. The van der Waals surface area contributed by atoms with Gasteiger partial charge >= 0.3 is 0 Å². The van der Waals surface area contributed by atoms with Crippen LogP contribution in [0.5, 0.6) is 0 Å². The predicted molar refractivity (Wildman–Crippen MR) is 67.2 cm³/mol. The van der Waals surface area contributed by atoms with Crippen molar-refractivity contribution in [3.8, 4) is 0 Å². The van der Waals surface area contributed by atoms with Crippen molar-refractivity contribution in [2.45, 2.75) is 51.2 Å². The fraction of sp³-hybridized carbons (Fsp3) is 0.846. The molecule has 1 saturated carbocycles. The number of Topliss-reactive ketones (excluding diaryl/α,β-unsaturated/α-hetero) is 1. The van der Waals surface area contributed by atoms with Crippen LogP contribution < -0.4 is 5.32 Å². The van der Waals surface area contributed by atoms with Crippen molar-refractivity contribution >= 4 is 11.7 Å². The van der Waals surface area contributed by atoms with Gasteiger partial charge in [0, 0.05) is 31.5 Å². The third-order valence-electron chi connectivity index (χ3n) is 3.59. The van der Waals surface area contributed by atoms with Crippen LogP contribution in [0.25, 0.3) is 0 Å². The van der Waals surface area contributed by atoms with E-state index in [0.29, 0.717) is 31.8 Å². The van der Waals surface area contributed by atoms with Crippen molar-refractivity contribution in [3.05, 3.63) is 0 Å². The monoisotopic (exact) mass is 254 g/mol. The molecular formula is C13H22N2O3. The van der Waals surface area contributed by atoms with E-state index in [0.717, 1.165) is 13.0 Å². The van der Waals surface area contributed by atoms with Crippen molar-refractivity contribution in [1.82, 2.24) is 10.2 Å². The van der Waals surface area contributed by atoms with Gasteiger partial charge in [-0.2, -0.15) is 0 Å². The molecule has 0 aromatic rings. The Morgan fingerprint density at radius 3 is 2.89 bits per heavy atom. The zero-order valence-electron chi connectivity index (χ0n) is 11.1. The van der Waals surface area contributed by atoms with Crippen LogP contribution in [0.3, 0.4) is 0 Å². The molecule has 2 atom stereocenters. The molecule has 0 aromatic heterocycles. The number of hydrogen-bond acceptors (Lipinski definition) is 4. The second kappa shape index (κ2) is 5.80. The second-order valence-electron chi connectivity index (χ2n) is 5.43. The Balaban J connectivity index is 2.01. The molecule has 2 unspecified atom stereocenters. The van der Waals surface area contributed by atoms with Gasteiger partial charge in [-0.3, -0.25) is 14.5 Å². The second-order valence-corrected chi connectivity index (χ2v) is 5.43. The normalized spacial score (nSPS) is 29.8. The molecule has 102 valence electrons. The summed E-state index contributed by atoms with van der Waals surface area (Å²) in [5, 5.41) is 2.93. The van der Waals surface area contributed by atoms with Crippen molar-refractivity contribution < 1.29 is 14.3 Å². The highest BCUT2D eigenvalue weighted by molar-refractivity contribution is 5.83. The molecule has 1 amide bonds. The van der Waals surface area contributed by atoms with E-state index in [1.165, 1.54) is 0 Å². The molecule has 5 heteroatoms. The molecular weight excluding hydrogens is 232 g/mol. The molecule has 1 saturated heterocycles. The van der Waals surface area contributed by atoms with Crippen LogP contribution >= 0.6 is 0 Å². The van der Waals surface area contributed by atoms with Crippen molar-refractivity contribution in [2.24, 2.45) is 0 Å². The summed E-state index contributed by atoms with van der Waals surface area (Å²) in [4.78, 5) is 25.7. The van der Waals surface area contributed by atoms with Gasteiger partial charge in [0.05, 0.1) is 13.2 Å². The zero-order chi connectivity index (χ0) is 13.1. The maximum atomic E-state index is 12.1. The SMILES string of the molecule is CC(C)NC(=O)C1COCCN1C1CCC(=O)C1. The molecule has 2 rings (SSSR count). The van der Waals surface area contributed by atoms with Crippen LogP contribution in [0.15, 0.2) is 0 Å². The van der Waals surface area contributed by atoms with Crippen LogP contribution in [0.1, 0.15) is 33.1 Å². The standard InChI is InChI=1S/C13H22N2O3/c1-9(2)14-13(17)12-8-18-6-5-15(12)10-3-4-11(16)7-10/h9-10,12H,3-8H2,1-2H3,(H,14,17). The van der Waals surface area contributed by atoms with E-state index in [1.54, 1.807) is 0 Å². The first-order valence-corrected chi connectivity index (χ1v) is 6.73. The number of nitrogens with one attached hydrogen (secondary N) is 1. The van der Waals surface area contributed by atoms with Crippen molar-refractivity contribution in [2.75, 3.05) is 19.8 Å². The summed E-state index contributed by atoms with van der Waals surface area (Å²) in [6, 6.07) is 0.118. The van der Waals surface area contributed by atoms with E-state index in [9.17, 15) is 9.59 Å². The Kier molecular flexibility index (Phi) is 4.35. The molecule has 1 N–H and O–H groups in total. The fourth-order valence-electron chi connectivity index (χ4n) is 2.74. The van der Waals surface area contributed by atoms with Gasteiger partial charge in [-0.25, -0.2) is 0 Å². The average molecular weight is 254 g/mol. The number of ether oxygens (including phenoxy) is 1. The Hall–Kier alpha value is -0.940. The first-order chi connectivity index (χ1) is 8.58. The minimum absolute atomic E-state index is 0.0176. The minimum atomic E-state index is -0.239. The Morgan fingerprint density at radius 2 is 2.28 bits per heavy atom. The quantitative estimate of drug-likeness (QED) is 0.788. The lowest BCUT2D eigenvalue weighted by Gasteiger charge is -2.38. The summed E-state index contributed by atoms with van der Waals surface area (Å²) in [5.74, 6) is 0.332. The molecule has 0 spiro atoms. The molecule has 18 heavy (non-hydrogen) atoms. The highest BCUT2D eigenvalue weighted by atomic mass is 16.5. The highest BCUT2D eigenvalue weighted by Crippen LogP contribution is 2.24. The van der Waals surface area contributed by atoms with Crippen LogP contribution in [-0.2, 0) is 14.3 Å². The molecule has 1 aliphatic carbocycles. The van der Waals surface area contributed by atoms with Crippen molar-refractivity contribution in [1.29, 1.82) is 0 Å². The maximum Gasteiger partial charge on any atom is 0.239 e. The number of carbonyl (C=O) groups excluding carboxylic acids is 2. The number of hydrogen-bond donors (Lipinski definition) is 1. The summed E-state index contributed by atoms with van der Waals surface area (Å²) in [6.07, 6.45) is 2.12. The molecule has 0 radical (unpaired) electrons. The largest absolute Gasteiger partial charge is 0.378 e. The third-order valence-corrected chi connectivity index (χ3v) is 3.59. The number of nitrogens with zero attached hydrogens (tertiary/aromatic N) is 1. The molecule has 1 heterocycles. The molecule has 2 aliphatic rings. The minimum Gasteiger partial charge on any atom is -0.378 e. The lowest BCUT2D eigenvalue weighted by Crippen LogP contribution is -2.57. The summed E-state index contributed by atoms with van der Waals surface area (Å²) in [5.41, 5.74) is 0. The van der Waals surface area contributed by atoms with Gasteiger partial charge in [-0.1, -0.05) is 0 Å². The van der Waals surface area contributed by atoms with Crippen LogP contribution in [0.2, 0.25) is 0 Å². The summed E-state index contributed by atoms with van der Waals surface area (Å²) in [7, 11) is 0. The van der Waals surface area contributed by atoms with E-state index in [1.807, 2.05) is 13.8 Å². The van der Waals surface area contributed by atoms with E-state index < -0.39 is 0 Å². The van der Waals surface area contributed by atoms with Gasteiger partial charge in [-0.05, 0) is 20.3 Å². The van der Waals surface area contributed by atoms with Gasteiger partial charge < -0.3 is 10.1 Å². The first kappa shape index (κ1) is 13.5. The maximum absolute atomic E-state index is 12.1. The Labute approximate surface area is 108 Å². The smallest absolute Gasteiger partial charge is 0.239 e. The average Bonchev–Trinajstić information content (AvgIpc) is 2.75. The van der Waals surface area contributed by atoms with Crippen LogP contribution in [0, 0.1) is 0 Å². The number of carbonyl (C=O) groups is 2. The summed E-state index contributed by atoms with van der Waals surface area (Å²) < 4.78 is 5.41.